The fraction of sp³-hybridized carbons (Fsp3) is 0.611. The minimum atomic E-state index is -4.71. The van der Waals surface area contributed by atoms with Crippen LogP contribution in [0.5, 0.6) is 5.75 Å². The molecular formula is C18H26F3N3O2. The molecule has 146 valence electrons. The Bertz CT molecular complexity index is 603. The Labute approximate surface area is 151 Å². The summed E-state index contributed by atoms with van der Waals surface area (Å²) in [5.41, 5.74) is 0.818. The Morgan fingerprint density at radius 2 is 2.00 bits per heavy atom. The molecule has 0 aliphatic carbocycles. The quantitative estimate of drug-likeness (QED) is 0.718. The third-order valence-corrected chi connectivity index (χ3v) is 4.74. The first-order chi connectivity index (χ1) is 12.1. The highest BCUT2D eigenvalue weighted by atomic mass is 19.4. The number of carbonyl (C=O) groups is 1. The summed E-state index contributed by atoms with van der Waals surface area (Å²) in [4.78, 5) is 12.2. The first kappa shape index (κ1) is 20.5. The molecule has 1 heterocycles. The molecule has 2 unspecified atom stereocenters. The molecule has 1 aromatic carbocycles. The molecule has 0 saturated carbocycles. The van der Waals surface area contributed by atoms with Crippen LogP contribution >= 0.6 is 0 Å². The highest BCUT2D eigenvalue weighted by Crippen LogP contribution is 2.27. The van der Waals surface area contributed by atoms with Gasteiger partial charge in [-0.2, -0.15) is 0 Å². The number of rotatable bonds is 6. The van der Waals surface area contributed by atoms with E-state index in [1.165, 1.54) is 24.3 Å². The van der Waals surface area contributed by atoms with Crippen molar-refractivity contribution < 1.29 is 22.7 Å². The van der Waals surface area contributed by atoms with E-state index in [9.17, 15) is 18.0 Å². The van der Waals surface area contributed by atoms with Gasteiger partial charge in [0.2, 0.25) is 5.91 Å². The van der Waals surface area contributed by atoms with E-state index in [-0.39, 0.29) is 35.7 Å². The predicted molar refractivity (Wildman–Crippen MR) is 92.7 cm³/mol. The van der Waals surface area contributed by atoms with Gasteiger partial charge in [0.15, 0.2) is 0 Å². The number of piperidine rings is 1. The lowest BCUT2D eigenvalue weighted by molar-refractivity contribution is -0.274. The van der Waals surface area contributed by atoms with Gasteiger partial charge in [-0.25, -0.2) is 0 Å². The predicted octanol–water partition coefficient (Wildman–Crippen LogP) is 2.74. The first-order valence-electron chi connectivity index (χ1n) is 8.66. The number of benzene rings is 1. The lowest BCUT2D eigenvalue weighted by atomic mass is 9.79. The largest absolute Gasteiger partial charge is 0.573 e. The van der Waals surface area contributed by atoms with Crippen molar-refractivity contribution >= 4 is 5.91 Å². The molecule has 1 aromatic rings. The van der Waals surface area contributed by atoms with Crippen molar-refractivity contribution in [3.63, 3.8) is 0 Å². The Kier molecular flexibility index (Phi) is 6.52. The van der Waals surface area contributed by atoms with Crippen LogP contribution in [-0.2, 0) is 4.79 Å². The first-order valence-corrected chi connectivity index (χ1v) is 8.66. The number of hydrogen-bond donors (Lipinski definition) is 3. The van der Waals surface area contributed by atoms with E-state index in [0.717, 1.165) is 19.5 Å². The normalized spacial score (nSPS) is 21.1. The van der Waals surface area contributed by atoms with Crippen LogP contribution in [0, 0.1) is 5.41 Å². The molecule has 2 atom stereocenters. The average Bonchev–Trinajstić information content (AvgIpc) is 2.52. The molecule has 1 aliphatic rings. The molecule has 0 bridgehead atoms. The Morgan fingerprint density at radius 3 is 2.58 bits per heavy atom. The number of ether oxygens (including phenoxy) is 1. The van der Waals surface area contributed by atoms with Gasteiger partial charge in [0, 0.05) is 12.6 Å². The number of alkyl halides is 3. The molecule has 0 aromatic heterocycles. The van der Waals surface area contributed by atoms with Crippen molar-refractivity contribution in [1.82, 2.24) is 16.0 Å². The maximum absolute atomic E-state index is 12.2. The van der Waals surface area contributed by atoms with E-state index >= 15 is 0 Å². The molecule has 5 nitrogen and oxygen atoms in total. The zero-order valence-electron chi connectivity index (χ0n) is 15.2. The van der Waals surface area contributed by atoms with Crippen LogP contribution in [-0.4, -0.2) is 37.9 Å². The summed E-state index contributed by atoms with van der Waals surface area (Å²) in [6, 6.07) is 5.37. The molecule has 1 aliphatic heterocycles. The summed E-state index contributed by atoms with van der Waals surface area (Å²) in [5.74, 6) is -0.442. The van der Waals surface area contributed by atoms with E-state index < -0.39 is 6.36 Å². The molecule has 26 heavy (non-hydrogen) atoms. The maximum atomic E-state index is 12.2. The van der Waals surface area contributed by atoms with Gasteiger partial charge in [-0.1, -0.05) is 26.0 Å². The van der Waals surface area contributed by atoms with Crippen molar-refractivity contribution in [2.24, 2.45) is 5.41 Å². The number of nitrogens with one attached hydrogen (secondary N) is 3. The molecule has 1 amide bonds. The molecule has 2 rings (SSSR count). The van der Waals surface area contributed by atoms with Crippen molar-refractivity contribution in [3.05, 3.63) is 29.8 Å². The van der Waals surface area contributed by atoms with Crippen LogP contribution in [0.2, 0.25) is 0 Å². The van der Waals surface area contributed by atoms with Crippen LogP contribution in [0.3, 0.4) is 0 Å². The second kappa shape index (κ2) is 8.26. The molecule has 1 saturated heterocycles. The van der Waals surface area contributed by atoms with E-state index in [0.29, 0.717) is 5.56 Å². The summed E-state index contributed by atoms with van der Waals surface area (Å²) >= 11 is 0. The number of hydrogen-bond acceptors (Lipinski definition) is 4. The molecule has 3 N–H and O–H groups in total. The van der Waals surface area contributed by atoms with Crippen molar-refractivity contribution in [2.75, 3.05) is 19.6 Å². The van der Waals surface area contributed by atoms with Gasteiger partial charge >= 0.3 is 6.36 Å². The highest BCUT2D eigenvalue weighted by Gasteiger charge is 2.32. The number of carbonyl (C=O) groups excluding carboxylic acids is 1. The monoisotopic (exact) mass is 373 g/mol. The Balaban J connectivity index is 1.83. The smallest absolute Gasteiger partial charge is 0.406 e. The zero-order chi connectivity index (χ0) is 19.4. The van der Waals surface area contributed by atoms with Crippen molar-refractivity contribution in [1.29, 1.82) is 0 Å². The lowest BCUT2D eigenvalue weighted by Crippen LogP contribution is -2.55. The SMILES string of the molecule is CC(NC(=O)CNC1CNCCC1(C)C)c1ccc(OC(F)(F)F)cc1. The second-order valence-electron chi connectivity index (χ2n) is 7.28. The summed E-state index contributed by atoms with van der Waals surface area (Å²) in [6.07, 6.45) is -3.68. The molecule has 0 spiro atoms. The van der Waals surface area contributed by atoms with Gasteiger partial charge < -0.3 is 20.7 Å². The van der Waals surface area contributed by atoms with Crippen molar-refractivity contribution in [2.45, 2.75) is 45.6 Å². The van der Waals surface area contributed by atoms with Gasteiger partial charge in [0.1, 0.15) is 5.75 Å². The third kappa shape index (κ3) is 6.17. The number of amides is 1. The summed E-state index contributed by atoms with van der Waals surface area (Å²) in [6.45, 7) is 8.12. The van der Waals surface area contributed by atoms with Gasteiger partial charge in [-0.05, 0) is 43.0 Å². The molecule has 1 fully saturated rings. The number of halogens is 3. The average molecular weight is 373 g/mol. The lowest BCUT2D eigenvalue weighted by Gasteiger charge is -2.39. The van der Waals surface area contributed by atoms with Crippen LogP contribution in [0.4, 0.5) is 13.2 Å². The van der Waals surface area contributed by atoms with Gasteiger partial charge in [0.05, 0.1) is 12.6 Å². The molecule has 0 radical (unpaired) electrons. The minimum absolute atomic E-state index is 0.117. The topological polar surface area (TPSA) is 62.4 Å². The third-order valence-electron chi connectivity index (χ3n) is 4.74. The van der Waals surface area contributed by atoms with Crippen molar-refractivity contribution in [3.8, 4) is 5.75 Å². The fourth-order valence-corrected chi connectivity index (χ4v) is 3.01. The fourth-order valence-electron chi connectivity index (χ4n) is 3.01. The van der Waals surface area contributed by atoms with Crippen LogP contribution < -0.4 is 20.7 Å². The van der Waals surface area contributed by atoms with Crippen LogP contribution in [0.1, 0.15) is 38.8 Å². The second-order valence-corrected chi connectivity index (χ2v) is 7.28. The molecular weight excluding hydrogens is 347 g/mol. The Hall–Kier alpha value is -1.80. The summed E-state index contributed by atoms with van der Waals surface area (Å²) in [7, 11) is 0. The van der Waals surface area contributed by atoms with Gasteiger partial charge in [-0.3, -0.25) is 4.79 Å². The molecule has 8 heteroatoms. The van der Waals surface area contributed by atoms with E-state index in [2.05, 4.69) is 34.5 Å². The highest BCUT2D eigenvalue weighted by molar-refractivity contribution is 5.78. The summed E-state index contributed by atoms with van der Waals surface area (Å²) in [5, 5.41) is 9.45. The van der Waals surface area contributed by atoms with Crippen LogP contribution in [0.25, 0.3) is 0 Å². The summed E-state index contributed by atoms with van der Waals surface area (Å²) < 4.78 is 40.4. The van der Waals surface area contributed by atoms with Crippen LogP contribution in [0.15, 0.2) is 24.3 Å². The Morgan fingerprint density at radius 1 is 1.35 bits per heavy atom. The van der Waals surface area contributed by atoms with E-state index in [1.54, 1.807) is 6.92 Å². The van der Waals surface area contributed by atoms with E-state index in [4.69, 9.17) is 0 Å². The van der Waals surface area contributed by atoms with Gasteiger partial charge in [-0.15, -0.1) is 13.2 Å². The maximum Gasteiger partial charge on any atom is 0.573 e. The van der Waals surface area contributed by atoms with Gasteiger partial charge in [0.25, 0.3) is 0 Å². The standard InChI is InChI=1S/C18H26F3N3O2/c1-12(13-4-6-14(7-5-13)26-18(19,20)21)24-16(25)11-23-15-10-22-9-8-17(15,2)3/h4-7,12,15,22-23H,8-11H2,1-3H3,(H,24,25). The zero-order valence-corrected chi connectivity index (χ0v) is 15.2. The van der Waals surface area contributed by atoms with E-state index in [1.807, 2.05) is 0 Å². The minimum Gasteiger partial charge on any atom is -0.406 e.